The van der Waals surface area contributed by atoms with Crippen LogP contribution in [0.3, 0.4) is 0 Å². The summed E-state index contributed by atoms with van der Waals surface area (Å²) in [6.45, 7) is 4.12. The molecule has 0 spiro atoms. The predicted octanol–water partition coefficient (Wildman–Crippen LogP) is 1.29. The Kier molecular flexibility index (Phi) is 4.04. The zero-order valence-corrected chi connectivity index (χ0v) is 10.7. The quantitative estimate of drug-likeness (QED) is 0.752. The van der Waals surface area contributed by atoms with Crippen molar-refractivity contribution in [2.75, 3.05) is 37.4 Å². The number of hydrogen-bond donors (Lipinski definition) is 3. The number of rotatable bonds is 4. The summed E-state index contributed by atoms with van der Waals surface area (Å²) < 4.78 is 5.11. The summed E-state index contributed by atoms with van der Waals surface area (Å²) in [4.78, 5) is 12.1. The van der Waals surface area contributed by atoms with E-state index < -0.39 is 0 Å². The summed E-state index contributed by atoms with van der Waals surface area (Å²) in [5.74, 6) is -0.0769. The Morgan fingerprint density at radius 2 is 2.22 bits per heavy atom. The molecule has 0 bridgehead atoms. The SMILES string of the molecule is COC(C)CNC(=O)c1cccc2c1NCCN2. The van der Waals surface area contributed by atoms with Crippen LogP contribution in [0.1, 0.15) is 17.3 Å². The minimum absolute atomic E-state index is 0.0135. The highest BCUT2D eigenvalue weighted by Gasteiger charge is 2.17. The summed E-state index contributed by atoms with van der Waals surface area (Å²) in [6, 6.07) is 5.68. The van der Waals surface area contributed by atoms with Crippen LogP contribution in [0.4, 0.5) is 11.4 Å². The lowest BCUT2D eigenvalue weighted by atomic mass is 10.1. The van der Waals surface area contributed by atoms with Crippen molar-refractivity contribution in [1.82, 2.24) is 5.32 Å². The first-order valence-corrected chi connectivity index (χ1v) is 6.14. The highest BCUT2D eigenvalue weighted by Crippen LogP contribution is 2.28. The number of para-hydroxylation sites is 1. The molecule has 1 amide bonds. The lowest BCUT2D eigenvalue weighted by Gasteiger charge is -2.22. The third-order valence-corrected chi connectivity index (χ3v) is 3.00. The van der Waals surface area contributed by atoms with Crippen LogP contribution in [-0.2, 0) is 4.74 Å². The Labute approximate surface area is 107 Å². The van der Waals surface area contributed by atoms with Gasteiger partial charge in [0, 0.05) is 26.7 Å². The maximum absolute atomic E-state index is 12.1. The average molecular weight is 249 g/mol. The molecule has 3 N–H and O–H groups in total. The number of ether oxygens (including phenoxy) is 1. The fourth-order valence-electron chi connectivity index (χ4n) is 1.88. The van der Waals surface area contributed by atoms with Gasteiger partial charge in [0.05, 0.1) is 23.0 Å². The number of fused-ring (bicyclic) bond motifs is 1. The second-order valence-corrected chi connectivity index (χ2v) is 4.34. The molecule has 5 nitrogen and oxygen atoms in total. The fourth-order valence-corrected chi connectivity index (χ4v) is 1.88. The first-order valence-electron chi connectivity index (χ1n) is 6.14. The predicted molar refractivity (Wildman–Crippen MR) is 72.2 cm³/mol. The first-order chi connectivity index (χ1) is 8.72. The van der Waals surface area contributed by atoms with E-state index in [2.05, 4.69) is 16.0 Å². The molecule has 1 aliphatic heterocycles. The Hall–Kier alpha value is -1.75. The van der Waals surface area contributed by atoms with Crippen LogP contribution in [-0.4, -0.2) is 38.8 Å². The van der Waals surface area contributed by atoms with Gasteiger partial charge in [-0.1, -0.05) is 6.07 Å². The van der Waals surface area contributed by atoms with Gasteiger partial charge in [-0.15, -0.1) is 0 Å². The first kappa shape index (κ1) is 12.7. The molecule has 5 heteroatoms. The number of nitrogens with one attached hydrogen (secondary N) is 3. The van der Waals surface area contributed by atoms with E-state index in [1.165, 1.54) is 0 Å². The van der Waals surface area contributed by atoms with Gasteiger partial charge in [-0.05, 0) is 19.1 Å². The topological polar surface area (TPSA) is 62.4 Å². The largest absolute Gasteiger partial charge is 0.382 e. The number of benzene rings is 1. The molecule has 1 unspecified atom stereocenters. The Bertz CT molecular complexity index is 434. The van der Waals surface area contributed by atoms with Crippen molar-refractivity contribution in [2.24, 2.45) is 0 Å². The van der Waals surface area contributed by atoms with E-state index in [0.29, 0.717) is 12.1 Å². The van der Waals surface area contributed by atoms with Gasteiger partial charge in [0.2, 0.25) is 0 Å². The fraction of sp³-hybridized carbons (Fsp3) is 0.462. The second-order valence-electron chi connectivity index (χ2n) is 4.34. The normalized spacial score (nSPS) is 15.0. The Balaban J connectivity index is 2.10. The highest BCUT2D eigenvalue weighted by molar-refractivity contribution is 6.02. The van der Waals surface area contributed by atoms with Crippen molar-refractivity contribution in [3.63, 3.8) is 0 Å². The maximum Gasteiger partial charge on any atom is 0.253 e. The second kappa shape index (κ2) is 5.73. The zero-order chi connectivity index (χ0) is 13.0. The molecule has 1 atom stereocenters. The smallest absolute Gasteiger partial charge is 0.253 e. The van der Waals surface area contributed by atoms with Crippen LogP contribution in [0.2, 0.25) is 0 Å². The van der Waals surface area contributed by atoms with E-state index in [1.54, 1.807) is 7.11 Å². The molecule has 1 aromatic rings. The van der Waals surface area contributed by atoms with Crippen molar-refractivity contribution < 1.29 is 9.53 Å². The van der Waals surface area contributed by atoms with E-state index in [1.807, 2.05) is 25.1 Å². The Morgan fingerprint density at radius 3 is 3.00 bits per heavy atom. The Morgan fingerprint density at radius 1 is 1.44 bits per heavy atom. The third kappa shape index (κ3) is 2.73. The summed E-state index contributed by atoms with van der Waals surface area (Å²) in [5.41, 5.74) is 2.53. The standard InChI is InChI=1S/C13H19N3O2/c1-9(18-2)8-16-13(17)10-4-3-5-11-12(10)15-7-6-14-11/h3-5,9,14-15H,6-8H2,1-2H3,(H,16,17). The molecule has 0 fully saturated rings. The molecular formula is C13H19N3O2. The molecule has 98 valence electrons. The summed E-state index contributed by atoms with van der Waals surface area (Å²) in [5, 5.41) is 9.39. The van der Waals surface area contributed by atoms with E-state index in [4.69, 9.17) is 4.74 Å². The van der Waals surface area contributed by atoms with E-state index in [9.17, 15) is 4.79 Å². The molecule has 0 radical (unpaired) electrons. The van der Waals surface area contributed by atoms with Gasteiger partial charge < -0.3 is 20.7 Å². The number of amides is 1. The van der Waals surface area contributed by atoms with Gasteiger partial charge in [-0.25, -0.2) is 0 Å². The van der Waals surface area contributed by atoms with Crippen molar-refractivity contribution in [1.29, 1.82) is 0 Å². The lowest BCUT2D eigenvalue weighted by molar-refractivity contribution is 0.0871. The molecular weight excluding hydrogens is 230 g/mol. The third-order valence-electron chi connectivity index (χ3n) is 3.00. The monoisotopic (exact) mass is 249 g/mol. The van der Waals surface area contributed by atoms with Crippen LogP contribution in [0.5, 0.6) is 0 Å². The molecule has 0 saturated heterocycles. The molecule has 0 aliphatic carbocycles. The van der Waals surface area contributed by atoms with Crippen molar-refractivity contribution in [3.05, 3.63) is 23.8 Å². The van der Waals surface area contributed by atoms with Gasteiger partial charge in [0.15, 0.2) is 0 Å². The molecule has 1 heterocycles. The van der Waals surface area contributed by atoms with Crippen LogP contribution < -0.4 is 16.0 Å². The van der Waals surface area contributed by atoms with Gasteiger partial charge in [0.25, 0.3) is 5.91 Å². The highest BCUT2D eigenvalue weighted by atomic mass is 16.5. The number of carbonyl (C=O) groups is 1. The van der Waals surface area contributed by atoms with Crippen LogP contribution >= 0.6 is 0 Å². The van der Waals surface area contributed by atoms with Gasteiger partial charge >= 0.3 is 0 Å². The van der Waals surface area contributed by atoms with Crippen molar-refractivity contribution in [2.45, 2.75) is 13.0 Å². The maximum atomic E-state index is 12.1. The molecule has 2 rings (SSSR count). The van der Waals surface area contributed by atoms with Gasteiger partial charge in [-0.2, -0.15) is 0 Å². The van der Waals surface area contributed by atoms with Gasteiger partial charge in [0.1, 0.15) is 0 Å². The molecule has 0 aromatic heterocycles. The summed E-state index contributed by atoms with van der Waals surface area (Å²) in [7, 11) is 1.63. The van der Waals surface area contributed by atoms with Crippen LogP contribution in [0.15, 0.2) is 18.2 Å². The zero-order valence-electron chi connectivity index (χ0n) is 10.7. The summed E-state index contributed by atoms with van der Waals surface area (Å²) >= 11 is 0. The number of hydrogen-bond acceptors (Lipinski definition) is 4. The average Bonchev–Trinajstić information content (AvgIpc) is 2.43. The molecule has 18 heavy (non-hydrogen) atoms. The molecule has 1 aliphatic rings. The minimum Gasteiger partial charge on any atom is -0.382 e. The van der Waals surface area contributed by atoms with Crippen LogP contribution in [0, 0.1) is 0 Å². The lowest BCUT2D eigenvalue weighted by Crippen LogP contribution is -2.33. The van der Waals surface area contributed by atoms with E-state index in [0.717, 1.165) is 24.5 Å². The number of carbonyl (C=O) groups excluding carboxylic acids is 1. The molecule has 0 saturated carbocycles. The van der Waals surface area contributed by atoms with E-state index >= 15 is 0 Å². The van der Waals surface area contributed by atoms with Crippen molar-refractivity contribution in [3.8, 4) is 0 Å². The minimum atomic E-state index is -0.0769. The van der Waals surface area contributed by atoms with Crippen molar-refractivity contribution >= 4 is 17.3 Å². The van der Waals surface area contributed by atoms with E-state index in [-0.39, 0.29) is 12.0 Å². The van der Waals surface area contributed by atoms with Gasteiger partial charge in [-0.3, -0.25) is 4.79 Å². The number of anilines is 2. The summed E-state index contributed by atoms with van der Waals surface area (Å²) in [6.07, 6.45) is 0.0135. The number of methoxy groups -OCH3 is 1. The van der Waals surface area contributed by atoms with Crippen LogP contribution in [0.25, 0.3) is 0 Å². The molecule has 1 aromatic carbocycles.